The van der Waals surface area contributed by atoms with Crippen molar-refractivity contribution in [2.24, 2.45) is 5.92 Å². The average molecular weight is 679 g/mol. The van der Waals surface area contributed by atoms with Crippen LogP contribution >= 0.6 is 0 Å². The summed E-state index contributed by atoms with van der Waals surface area (Å²) in [5, 5.41) is 0. The molecule has 0 aromatic carbocycles. The Kier molecular flexibility index (Phi) is 32.1. The van der Waals surface area contributed by atoms with Gasteiger partial charge in [-0.05, 0) is 51.6 Å². The van der Waals surface area contributed by atoms with E-state index in [9.17, 15) is 9.59 Å². The van der Waals surface area contributed by atoms with Crippen molar-refractivity contribution in [2.45, 2.75) is 201 Å². The second-order valence-corrected chi connectivity index (χ2v) is 14.9. The molecule has 48 heavy (non-hydrogen) atoms. The molecular formula is C42H82N2O4. The molecule has 1 fully saturated rings. The molecule has 0 amide bonds. The van der Waals surface area contributed by atoms with E-state index in [0.717, 1.165) is 90.6 Å². The minimum Gasteiger partial charge on any atom is -0.466 e. The summed E-state index contributed by atoms with van der Waals surface area (Å²) in [4.78, 5) is 30.3. The molecule has 0 saturated carbocycles. The monoisotopic (exact) mass is 679 g/mol. The van der Waals surface area contributed by atoms with Gasteiger partial charge in [-0.1, -0.05) is 156 Å². The molecular weight excluding hydrogens is 596 g/mol. The van der Waals surface area contributed by atoms with E-state index >= 15 is 0 Å². The molecule has 1 atom stereocenters. The van der Waals surface area contributed by atoms with Crippen molar-refractivity contribution >= 4 is 11.9 Å². The van der Waals surface area contributed by atoms with Crippen LogP contribution in [0.1, 0.15) is 201 Å². The van der Waals surface area contributed by atoms with Crippen LogP contribution in [0, 0.1) is 5.92 Å². The van der Waals surface area contributed by atoms with Gasteiger partial charge in [0.05, 0.1) is 19.1 Å². The van der Waals surface area contributed by atoms with E-state index in [1.54, 1.807) is 0 Å². The number of hydrogen-bond acceptors (Lipinski definition) is 6. The van der Waals surface area contributed by atoms with Gasteiger partial charge in [-0.3, -0.25) is 9.59 Å². The summed E-state index contributed by atoms with van der Waals surface area (Å²) in [6, 6.07) is 0. The minimum atomic E-state index is -0.0246. The van der Waals surface area contributed by atoms with Gasteiger partial charge in [0.2, 0.25) is 0 Å². The van der Waals surface area contributed by atoms with Crippen molar-refractivity contribution in [2.75, 3.05) is 52.5 Å². The van der Waals surface area contributed by atoms with Crippen LogP contribution in [0.2, 0.25) is 0 Å². The van der Waals surface area contributed by atoms with Crippen LogP contribution < -0.4 is 0 Å². The maximum Gasteiger partial charge on any atom is 0.308 e. The molecule has 1 aliphatic rings. The fourth-order valence-electron chi connectivity index (χ4n) is 6.98. The van der Waals surface area contributed by atoms with Gasteiger partial charge in [0.25, 0.3) is 0 Å². The van der Waals surface area contributed by atoms with Crippen LogP contribution in [0.3, 0.4) is 0 Å². The number of ether oxygens (including phenoxy) is 2. The first-order chi connectivity index (χ1) is 23.6. The van der Waals surface area contributed by atoms with E-state index < -0.39 is 0 Å². The molecule has 0 aliphatic carbocycles. The summed E-state index contributed by atoms with van der Waals surface area (Å²) in [5.41, 5.74) is 0. The van der Waals surface area contributed by atoms with Crippen molar-refractivity contribution in [1.82, 2.24) is 9.80 Å². The zero-order valence-electron chi connectivity index (χ0n) is 32.6. The smallest absolute Gasteiger partial charge is 0.308 e. The predicted octanol–water partition coefficient (Wildman–Crippen LogP) is 11.3. The molecule has 6 heteroatoms. The largest absolute Gasteiger partial charge is 0.466 e. The Labute approximate surface area is 299 Å². The molecule has 1 saturated heterocycles. The number of carbonyl (C=O) groups excluding carboxylic acids is 2. The van der Waals surface area contributed by atoms with Gasteiger partial charge in [-0.15, -0.1) is 0 Å². The van der Waals surface area contributed by atoms with Gasteiger partial charge in [-0.2, -0.15) is 0 Å². The Morgan fingerprint density at radius 1 is 0.458 bits per heavy atom. The number of unbranched alkanes of at least 4 members (excludes halogenated alkanes) is 20. The fraction of sp³-hybridized carbons (Fsp3) is 0.952. The van der Waals surface area contributed by atoms with Crippen molar-refractivity contribution in [3.05, 3.63) is 0 Å². The molecule has 284 valence electrons. The van der Waals surface area contributed by atoms with Gasteiger partial charge in [0.1, 0.15) is 0 Å². The van der Waals surface area contributed by atoms with E-state index in [0.29, 0.717) is 19.6 Å². The average Bonchev–Trinajstić information content (AvgIpc) is 3.09. The van der Waals surface area contributed by atoms with Gasteiger partial charge in [0.15, 0.2) is 0 Å². The molecule has 0 aromatic rings. The maximum absolute atomic E-state index is 13.0. The lowest BCUT2D eigenvalue weighted by atomic mass is 9.95. The van der Waals surface area contributed by atoms with E-state index in [2.05, 4.69) is 30.6 Å². The standard InChI is InChI=1S/C42H82N2O4/c1-4-7-10-13-16-18-21-26-38-47-41(45)31-28-33-44-36-34-43(35-37-44)32-25-24-30-40(29-23-20-15-12-9-6-3)42(46)48-39-27-22-19-17-14-11-8-5-2/h40H,4-39H2,1-3H3. The topological polar surface area (TPSA) is 59.1 Å². The molecule has 1 rings (SSSR count). The third-order valence-electron chi connectivity index (χ3n) is 10.3. The van der Waals surface area contributed by atoms with Crippen LogP contribution in [-0.4, -0.2) is 74.2 Å². The summed E-state index contributed by atoms with van der Waals surface area (Å²) in [5.74, 6) is 0.120. The summed E-state index contributed by atoms with van der Waals surface area (Å²) >= 11 is 0. The minimum absolute atomic E-state index is 0.0246. The van der Waals surface area contributed by atoms with Crippen LogP contribution in [0.4, 0.5) is 0 Å². The van der Waals surface area contributed by atoms with Crippen molar-refractivity contribution < 1.29 is 19.1 Å². The van der Waals surface area contributed by atoms with Gasteiger partial charge in [-0.25, -0.2) is 0 Å². The first kappa shape index (κ1) is 44.9. The molecule has 0 aromatic heterocycles. The molecule has 0 bridgehead atoms. The van der Waals surface area contributed by atoms with Crippen molar-refractivity contribution in [1.29, 1.82) is 0 Å². The van der Waals surface area contributed by atoms with Crippen LogP contribution in [0.15, 0.2) is 0 Å². The van der Waals surface area contributed by atoms with Crippen LogP contribution in [0.25, 0.3) is 0 Å². The Bertz CT molecular complexity index is 710. The summed E-state index contributed by atoms with van der Waals surface area (Å²) in [7, 11) is 0. The predicted molar refractivity (Wildman–Crippen MR) is 205 cm³/mol. The Morgan fingerprint density at radius 3 is 1.31 bits per heavy atom. The van der Waals surface area contributed by atoms with Crippen molar-refractivity contribution in [3.8, 4) is 0 Å². The molecule has 0 radical (unpaired) electrons. The number of hydrogen-bond donors (Lipinski definition) is 0. The lowest BCUT2D eigenvalue weighted by molar-refractivity contribution is -0.149. The highest BCUT2D eigenvalue weighted by molar-refractivity contribution is 5.72. The normalized spacial score (nSPS) is 14.7. The molecule has 6 nitrogen and oxygen atoms in total. The second kappa shape index (κ2) is 34.3. The van der Waals surface area contributed by atoms with Crippen molar-refractivity contribution in [3.63, 3.8) is 0 Å². The molecule has 1 heterocycles. The molecule has 1 unspecified atom stereocenters. The van der Waals surface area contributed by atoms with Crippen LogP contribution in [0.5, 0.6) is 0 Å². The number of piperazine rings is 1. The fourth-order valence-corrected chi connectivity index (χ4v) is 6.98. The van der Waals surface area contributed by atoms with Gasteiger partial charge in [0, 0.05) is 32.6 Å². The third kappa shape index (κ3) is 27.7. The molecule has 0 spiro atoms. The maximum atomic E-state index is 13.0. The van der Waals surface area contributed by atoms with E-state index in [-0.39, 0.29) is 17.9 Å². The van der Waals surface area contributed by atoms with E-state index in [1.807, 2.05) is 0 Å². The Morgan fingerprint density at radius 2 is 0.833 bits per heavy atom. The summed E-state index contributed by atoms with van der Waals surface area (Å²) < 4.78 is 11.3. The Balaban J connectivity index is 2.16. The highest BCUT2D eigenvalue weighted by Crippen LogP contribution is 2.21. The lowest BCUT2D eigenvalue weighted by Crippen LogP contribution is -2.46. The first-order valence-corrected chi connectivity index (χ1v) is 21.4. The van der Waals surface area contributed by atoms with E-state index in [4.69, 9.17) is 9.47 Å². The second-order valence-electron chi connectivity index (χ2n) is 14.9. The zero-order chi connectivity index (χ0) is 34.8. The summed E-state index contributed by atoms with van der Waals surface area (Å²) in [6.45, 7) is 14.5. The van der Waals surface area contributed by atoms with Gasteiger partial charge < -0.3 is 19.3 Å². The summed E-state index contributed by atoms with van der Waals surface area (Å²) in [6.07, 6.45) is 33.5. The van der Waals surface area contributed by atoms with Gasteiger partial charge >= 0.3 is 11.9 Å². The first-order valence-electron chi connectivity index (χ1n) is 21.4. The number of rotatable bonds is 35. The lowest BCUT2D eigenvalue weighted by Gasteiger charge is -2.34. The highest BCUT2D eigenvalue weighted by atomic mass is 16.5. The number of carbonyl (C=O) groups is 2. The zero-order valence-corrected chi connectivity index (χ0v) is 32.6. The van der Waals surface area contributed by atoms with Crippen LogP contribution in [-0.2, 0) is 19.1 Å². The Hall–Kier alpha value is -1.14. The molecule has 0 N–H and O–H groups in total. The van der Waals surface area contributed by atoms with E-state index in [1.165, 1.54) is 122 Å². The number of nitrogens with zero attached hydrogens (tertiary/aromatic N) is 2. The third-order valence-corrected chi connectivity index (χ3v) is 10.3. The number of esters is 2. The SMILES string of the molecule is CCCCCCCCCCOC(=O)CCCN1CCN(CCCCC(CCCCCCCC)C(=O)OCCCCCCCCCC)CC1. The molecule has 1 aliphatic heterocycles. The highest BCUT2D eigenvalue weighted by Gasteiger charge is 2.21. The quantitative estimate of drug-likeness (QED) is 0.0491.